The first-order valence-corrected chi connectivity index (χ1v) is 6.55. The summed E-state index contributed by atoms with van der Waals surface area (Å²) in [5.41, 5.74) is 0.421. The molecule has 0 aliphatic rings. The molecule has 0 atom stereocenters. The number of rotatable bonds is 5. The number of carbonyl (C=O) groups excluding carboxylic acids is 2. The van der Waals surface area contributed by atoms with Crippen LogP contribution in [-0.4, -0.2) is 41.3 Å². The number of hydrogen-bond donors (Lipinski definition) is 1. The van der Waals surface area contributed by atoms with E-state index in [1.807, 2.05) is 13.8 Å². The molecular weight excluding hydrogens is 298 g/mol. The predicted octanol–water partition coefficient (Wildman–Crippen LogP) is 1.44. The Morgan fingerprint density at radius 1 is 1.39 bits per heavy atom. The molecule has 0 unspecified atom stereocenters. The molecule has 1 aromatic rings. The lowest BCUT2D eigenvalue weighted by Crippen LogP contribution is -2.40. The Labute approximate surface area is 115 Å². The Bertz CT molecular complexity index is 433. The zero-order valence-electron chi connectivity index (χ0n) is 10.4. The third-order valence-electron chi connectivity index (χ3n) is 2.52. The Morgan fingerprint density at radius 3 is 2.61 bits per heavy atom. The van der Waals surface area contributed by atoms with Crippen LogP contribution in [0, 0.1) is 0 Å². The summed E-state index contributed by atoms with van der Waals surface area (Å²) in [6.07, 6.45) is 1.59. The van der Waals surface area contributed by atoms with E-state index in [2.05, 4.69) is 26.2 Å². The summed E-state index contributed by atoms with van der Waals surface area (Å²) >= 11 is 3.19. The molecule has 0 aromatic carbocycles. The molecule has 1 aromatic heterocycles. The lowest BCUT2D eigenvalue weighted by molar-refractivity contribution is -0.129. The van der Waals surface area contributed by atoms with Gasteiger partial charge in [0.25, 0.3) is 5.91 Å². The Morgan fingerprint density at radius 2 is 2.06 bits per heavy atom. The molecule has 1 rings (SSSR count). The van der Waals surface area contributed by atoms with Gasteiger partial charge in [0, 0.05) is 19.3 Å². The molecule has 5 nitrogen and oxygen atoms in total. The van der Waals surface area contributed by atoms with E-state index in [1.54, 1.807) is 23.2 Å². The van der Waals surface area contributed by atoms with E-state index in [4.69, 9.17) is 0 Å². The third-order valence-corrected chi connectivity index (χ3v) is 3.15. The van der Waals surface area contributed by atoms with Crippen LogP contribution >= 0.6 is 15.9 Å². The van der Waals surface area contributed by atoms with Gasteiger partial charge in [-0.1, -0.05) is 0 Å². The van der Waals surface area contributed by atoms with Gasteiger partial charge in [0.1, 0.15) is 4.60 Å². The van der Waals surface area contributed by atoms with Crippen molar-refractivity contribution < 1.29 is 9.59 Å². The van der Waals surface area contributed by atoms with E-state index in [0.717, 1.165) is 0 Å². The van der Waals surface area contributed by atoms with E-state index < -0.39 is 0 Å². The lowest BCUT2D eigenvalue weighted by atomic mass is 10.2. The maximum atomic E-state index is 11.8. The molecule has 0 spiro atoms. The molecule has 0 aliphatic carbocycles. The van der Waals surface area contributed by atoms with Crippen molar-refractivity contribution >= 4 is 27.7 Å². The standard InChI is InChI=1S/C12H16BrN3O2/c1-3-16(4-2)10(17)8-15-12(18)9-6-5-7-14-11(9)13/h5-7H,3-4,8H2,1-2H3,(H,15,18). The van der Waals surface area contributed by atoms with E-state index in [-0.39, 0.29) is 18.4 Å². The minimum absolute atomic E-state index is 0.00183. The third kappa shape index (κ3) is 3.80. The highest BCUT2D eigenvalue weighted by Gasteiger charge is 2.14. The molecule has 6 heteroatoms. The fraction of sp³-hybridized carbons (Fsp3) is 0.417. The molecule has 0 fully saturated rings. The van der Waals surface area contributed by atoms with Crippen molar-refractivity contribution in [2.75, 3.05) is 19.6 Å². The van der Waals surface area contributed by atoms with Gasteiger partial charge >= 0.3 is 0 Å². The van der Waals surface area contributed by atoms with E-state index in [0.29, 0.717) is 23.3 Å². The number of halogens is 1. The number of aromatic nitrogens is 1. The highest BCUT2D eigenvalue weighted by Crippen LogP contribution is 2.11. The molecule has 18 heavy (non-hydrogen) atoms. The fourth-order valence-electron chi connectivity index (χ4n) is 1.49. The van der Waals surface area contributed by atoms with Gasteiger partial charge in [-0.05, 0) is 41.9 Å². The summed E-state index contributed by atoms with van der Waals surface area (Å²) in [5.74, 6) is -0.399. The minimum Gasteiger partial charge on any atom is -0.343 e. The first-order valence-electron chi connectivity index (χ1n) is 5.76. The summed E-state index contributed by atoms with van der Waals surface area (Å²) in [6, 6.07) is 3.32. The van der Waals surface area contributed by atoms with Gasteiger partial charge in [-0.15, -0.1) is 0 Å². The van der Waals surface area contributed by atoms with Gasteiger partial charge in [-0.3, -0.25) is 9.59 Å². The van der Waals surface area contributed by atoms with E-state index >= 15 is 0 Å². The smallest absolute Gasteiger partial charge is 0.254 e. The quantitative estimate of drug-likeness (QED) is 0.837. The predicted molar refractivity (Wildman–Crippen MR) is 72.2 cm³/mol. The normalized spacial score (nSPS) is 9.94. The molecule has 98 valence electrons. The van der Waals surface area contributed by atoms with Crippen LogP contribution in [0.5, 0.6) is 0 Å². The Balaban J connectivity index is 2.57. The van der Waals surface area contributed by atoms with Crippen molar-refractivity contribution in [3.8, 4) is 0 Å². The zero-order chi connectivity index (χ0) is 13.5. The van der Waals surface area contributed by atoms with Gasteiger partial charge in [-0.25, -0.2) is 4.98 Å². The molecule has 1 heterocycles. The molecule has 0 saturated heterocycles. The first-order chi connectivity index (χ1) is 8.60. The molecule has 0 bridgehead atoms. The Kier molecular flexibility index (Phi) is 5.77. The largest absolute Gasteiger partial charge is 0.343 e. The van der Waals surface area contributed by atoms with Gasteiger partial charge in [0.2, 0.25) is 5.91 Å². The van der Waals surface area contributed by atoms with Crippen LogP contribution in [0.15, 0.2) is 22.9 Å². The second kappa shape index (κ2) is 7.10. The second-order valence-electron chi connectivity index (χ2n) is 3.59. The second-order valence-corrected chi connectivity index (χ2v) is 4.34. The van der Waals surface area contributed by atoms with Gasteiger partial charge < -0.3 is 10.2 Å². The number of pyridine rings is 1. The van der Waals surface area contributed by atoms with Crippen molar-refractivity contribution in [1.29, 1.82) is 0 Å². The summed E-state index contributed by atoms with van der Waals surface area (Å²) in [7, 11) is 0. The number of nitrogens with zero attached hydrogens (tertiary/aromatic N) is 2. The SMILES string of the molecule is CCN(CC)C(=O)CNC(=O)c1cccnc1Br. The fourth-order valence-corrected chi connectivity index (χ4v) is 1.93. The monoisotopic (exact) mass is 313 g/mol. The van der Waals surface area contributed by atoms with Crippen LogP contribution in [-0.2, 0) is 4.79 Å². The topological polar surface area (TPSA) is 62.3 Å². The van der Waals surface area contributed by atoms with Crippen LogP contribution in [0.25, 0.3) is 0 Å². The highest BCUT2D eigenvalue weighted by atomic mass is 79.9. The average Bonchev–Trinajstić information content (AvgIpc) is 2.38. The zero-order valence-corrected chi connectivity index (χ0v) is 12.0. The summed E-state index contributed by atoms with van der Waals surface area (Å²) in [6.45, 7) is 5.09. The molecule has 2 amide bonds. The molecule has 0 radical (unpaired) electrons. The van der Waals surface area contributed by atoms with Crippen LogP contribution in [0.2, 0.25) is 0 Å². The van der Waals surface area contributed by atoms with Crippen molar-refractivity contribution in [2.24, 2.45) is 0 Å². The van der Waals surface area contributed by atoms with Crippen molar-refractivity contribution in [3.05, 3.63) is 28.5 Å². The summed E-state index contributed by atoms with van der Waals surface area (Å²) in [4.78, 5) is 29.1. The molecule has 0 aliphatic heterocycles. The van der Waals surface area contributed by atoms with Gasteiger partial charge in [0.05, 0.1) is 12.1 Å². The minimum atomic E-state index is -0.310. The van der Waals surface area contributed by atoms with Gasteiger partial charge in [0.15, 0.2) is 0 Å². The number of carbonyl (C=O) groups is 2. The molecule has 1 N–H and O–H groups in total. The van der Waals surface area contributed by atoms with Crippen LogP contribution in [0.3, 0.4) is 0 Å². The Hall–Kier alpha value is -1.43. The van der Waals surface area contributed by atoms with Crippen LogP contribution < -0.4 is 5.32 Å². The van der Waals surface area contributed by atoms with Crippen LogP contribution in [0.1, 0.15) is 24.2 Å². The van der Waals surface area contributed by atoms with Gasteiger partial charge in [-0.2, -0.15) is 0 Å². The highest BCUT2D eigenvalue weighted by molar-refractivity contribution is 9.10. The molecule has 0 saturated carbocycles. The molecular formula is C12H16BrN3O2. The maximum absolute atomic E-state index is 11.8. The number of nitrogens with one attached hydrogen (secondary N) is 1. The first kappa shape index (κ1) is 14.6. The number of likely N-dealkylation sites (N-methyl/N-ethyl adjacent to an activating group) is 1. The average molecular weight is 314 g/mol. The summed E-state index contributed by atoms with van der Waals surface area (Å²) < 4.78 is 0.470. The summed E-state index contributed by atoms with van der Waals surface area (Å²) in [5, 5.41) is 2.59. The number of amides is 2. The van der Waals surface area contributed by atoms with Crippen molar-refractivity contribution in [2.45, 2.75) is 13.8 Å². The number of hydrogen-bond acceptors (Lipinski definition) is 3. The van der Waals surface area contributed by atoms with Crippen LogP contribution in [0.4, 0.5) is 0 Å². The lowest BCUT2D eigenvalue weighted by Gasteiger charge is -2.18. The van der Waals surface area contributed by atoms with Crippen molar-refractivity contribution in [1.82, 2.24) is 15.2 Å². The maximum Gasteiger partial charge on any atom is 0.254 e. The van der Waals surface area contributed by atoms with Crippen molar-refractivity contribution in [3.63, 3.8) is 0 Å². The van der Waals surface area contributed by atoms with E-state index in [9.17, 15) is 9.59 Å². The van der Waals surface area contributed by atoms with E-state index in [1.165, 1.54) is 0 Å².